The fourth-order valence-electron chi connectivity index (χ4n) is 2.91. The average molecular weight is 364 g/mol. The van der Waals surface area contributed by atoms with Crippen LogP contribution in [0.15, 0.2) is 50.7 Å². The summed E-state index contributed by atoms with van der Waals surface area (Å²) in [6.45, 7) is 4.29. The third kappa shape index (κ3) is 2.54. The first-order valence-electron chi connectivity index (χ1n) is 7.55. The summed E-state index contributed by atoms with van der Waals surface area (Å²) in [5.41, 5.74) is 7.73. The van der Waals surface area contributed by atoms with E-state index in [2.05, 4.69) is 10.4 Å². The lowest BCUT2D eigenvalue weighted by molar-refractivity contribution is 0.594. The summed E-state index contributed by atoms with van der Waals surface area (Å²) in [6.07, 6.45) is 1.82. The van der Waals surface area contributed by atoms with E-state index in [4.69, 9.17) is 5.73 Å². The second kappa shape index (κ2) is 6.27. The second-order valence-corrected chi connectivity index (χ2v) is 8.28. The summed E-state index contributed by atoms with van der Waals surface area (Å²) in [7, 11) is -3.67. The van der Waals surface area contributed by atoms with Gasteiger partial charge in [0.05, 0.1) is 4.90 Å². The van der Waals surface area contributed by atoms with Gasteiger partial charge in [-0.3, -0.25) is 0 Å². The van der Waals surface area contributed by atoms with E-state index in [0.717, 1.165) is 11.3 Å². The molecule has 0 saturated carbocycles. The van der Waals surface area contributed by atoms with Crippen molar-refractivity contribution >= 4 is 33.1 Å². The van der Waals surface area contributed by atoms with Gasteiger partial charge >= 0.3 is 0 Å². The van der Waals surface area contributed by atoms with Crippen molar-refractivity contribution in [2.75, 3.05) is 18.1 Å². The molecule has 1 aromatic carbocycles. The molecule has 0 bridgehead atoms. The second-order valence-electron chi connectivity index (χ2n) is 5.60. The average Bonchev–Trinajstić information content (AvgIpc) is 2.95. The summed E-state index contributed by atoms with van der Waals surface area (Å²) in [6, 6.07) is 8.39. The standard InChI is InChI=1S/C16H20N4O2S2/c1-10-13(9-17)11(2)20-15(18-10)14(16(19-20)23-3)24(21,22)12-7-5-4-6-8-12/h4-8,10,18H,9,17H2,1-3H3. The number of hydrogen-bond donors (Lipinski definition) is 2. The van der Waals surface area contributed by atoms with E-state index in [9.17, 15) is 8.42 Å². The molecule has 6 nitrogen and oxygen atoms in total. The fourth-order valence-corrected chi connectivity index (χ4v) is 5.36. The lowest BCUT2D eigenvalue weighted by atomic mass is 10.1. The van der Waals surface area contributed by atoms with E-state index in [1.807, 2.05) is 20.1 Å². The molecule has 3 N–H and O–H groups in total. The first kappa shape index (κ1) is 17.1. The molecular formula is C16H20N4O2S2. The quantitative estimate of drug-likeness (QED) is 0.810. The smallest absolute Gasteiger partial charge is 0.213 e. The third-order valence-corrected chi connectivity index (χ3v) is 6.82. The van der Waals surface area contributed by atoms with Crippen LogP contribution in [0.25, 0.3) is 5.70 Å². The predicted octanol–water partition coefficient (Wildman–Crippen LogP) is 2.44. The van der Waals surface area contributed by atoms with E-state index in [1.165, 1.54) is 11.8 Å². The molecule has 24 heavy (non-hydrogen) atoms. The maximum absolute atomic E-state index is 13.2. The maximum atomic E-state index is 13.2. The Hall–Kier alpha value is -1.77. The molecule has 1 aliphatic heterocycles. The van der Waals surface area contributed by atoms with Gasteiger partial charge in [0, 0.05) is 18.3 Å². The minimum Gasteiger partial charge on any atom is -0.363 e. The largest absolute Gasteiger partial charge is 0.363 e. The van der Waals surface area contributed by atoms with E-state index >= 15 is 0 Å². The van der Waals surface area contributed by atoms with Gasteiger partial charge in [-0.05, 0) is 37.8 Å². The van der Waals surface area contributed by atoms with E-state index in [1.54, 1.807) is 35.0 Å². The number of fused-ring (bicyclic) bond motifs is 1. The van der Waals surface area contributed by atoms with Crippen LogP contribution in [0.5, 0.6) is 0 Å². The molecule has 0 aliphatic carbocycles. The Kier molecular flexibility index (Phi) is 4.46. The van der Waals surface area contributed by atoms with Gasteiger partial charge in [-0.25, -0.2) is 13.1 Å². The normalized spacial score (nSPS) is 17.6. The maximum Gasteiger partial charge on any atom is 0.213 e. The summed E-state index contributed by atoms with van der Waals surface area (Å²) in [5.74, 6) is 0.505. The number of rotatable bonds is 4. The number of aromatic nitrogens is 2. The summed E-state index contributed by atoms with van der Waals surface area (Å²) >= 11 is 1.32. The van der Waals surface area contributed by atoms with Gasteiger partial charge in [0.25, 0.3) is 0 Å². The van der Waals surface area contributed by atoms with E-state index < -0.39 is 9.84 Å². The molecule has 1 aromatic heterocycles. The third-order valence-electron chi connectivity index (χ3n) is 4.21. The van der Waals surface area contributed by atoms with E-state index in [-0.39, 0.29) is 15.8 Å². The molecule has 1 aliphatic rings. The molecule has 1 unspecified atom stereocenters. The molecule has 2 heterocycles. The molecule has 0 fully saturated rings. The first-order valence-corrected chi connectivity index (χ1v) is 10.3. The highest BCUT2D eigenvalue weighted by molar-refractivity contribution is 7.99. The summed E-state index contributed by atoms with van der Waals surface area (Å²) < 4.78 is 28.0. The Labute approximate surface area is 146 Å². The van der Waals surface area contributed by atoms with Crippen molar-refractivity contribution < 1.29 is 8.42 Å². The van der Waals surface area contributed by atoms with Gasteiger partial charge < -0.3 is 11.1 Å². The van der Waals surface area contributed by atoms with Crippen molar-refractivity contribution in [1.29, 1.82) is 0 Å². The van der Waals surface area contributed by atoms with Crippen molar-refractivity contribution in [1.82, 2.24) is 9.78 Å². The van der Waals surface area contributed by atoms with Crippen LogP contribution in [0.1, 0.15) is 13.8 Å². The number of allylic oxidation sites excluding steroid dienone is 1. The molecule has 1 atom stereocenters. The minimum absolute atomic E-state index is 0.0429. The highest BCUT2D eigenvalue weighted by Gasteiger charge is 2.34. The van der Waals surface area contributed by atoms with Crippen LogP contribution in [0.3, 0.4) is 0 Å². The van der Waals surface area contributed by atoms with Crippen LogP contribution >= 0.6 is 11.8 Å². The summed E-state index contributed by atoms with van der Waals surface area (Å²) in [5, 5.41) is 8.24. The Morgan fingerprint density at radius 2 is 2.00 bits per heavy atom. The SMILES string of the molecule is CSc1nn2c(c1S(=O)(=O)c1ccccc1)NC(C)C(CN)=C2C. The number of nitrogens with one attached hydrogen (secondary N) is 1. The Balaban J connectivity index is 2.27. The topological polar surface area (TPSA) is 90.0 Å². The monoisotopic (exact) mass is 364 g/mol. The van der Waals surface area contributed by atoms with Crippen LogP contribution in [0, 0.1) is 0 Å². The molecule has 0 amide bonds. The number of anilines is 1. The van der Waals surface area contributed by atoms with Gasteiger partial charge in [0.15, 0.2) is 0 Å². The van der Waals surface area contributed by atoms with Crippen LogP contribution in [-0.4, -0.2) is 37.0 Å². The Bertz CT molecular complexity index is 902. The number of nitrogens with two attached hydrogens (primary N) is 1. The molecule has 0 spiro atoms. The first-order chi connectivity index (χ1) is 11.4. The minimum atomic E-state index is -3.67. The van der Waals surface area contributed by atoms with Crippen molar-refractivity contribution in [3.8, 4) is 0 Å². The van der Waals surface area contributed by atoms with E-state index in [0.29, 0.717) is 17.4 Å². The zero-order valence-corrected chi connectivity index (χ0v) is 15.4. The molecule has 128 valence electrons. The van der Waals surface area contributed by atoms with Crippen LogP contribution < -0.4 is 11.1 Å². The zero-order valence-electron chi connectivity index (χ0n) is 13.8. The lowest BCUT2D eigenvalue weighted by Gasteiger charge is -2.27. The fraction of sp³-hybridized carbons (Fsp3) is 0.312. The van der Waals surface area contributed by atoms with Gasteiger partial charge in [-0.1, -0.05) is 18.2 Å². The van der Waals surface area contributed by atoms with Crippen molar-refractivity contribution in [2.45, 2.75) is 34.7 Å². The molecule has 3 rings (SSSR count). The number of hydrogen-bond acceptors (Lipinski definition) is 6. The van der Waals surface area contributed by atoms with Crippen molar-refractivity contribution in [3.63, 3.8) is 0 Å². The van der Waals surface area contributed by atoms with Crippen LogP contribution in [0.2, 0.25) is 0 Å². The molecule has 8 heteroatoms. The predicted molar refractivity (Wildman–Crippen MR) is 96.9 cm³/mol. The molecule has 2 aromatic rings. The van der Waals surface area contributed by atoms with Gasteiger partial charge in [0.1, 0.15) is 15.7 Å². The van der Waals surface area contributed by atoms with Crippen molar-refractivity contribution in [3.05, 3.63) is 35.9 Å². The van der Waals surface area contributed by atoms with Crippen LogP contribution in [0.4, 0.5) is 5.82 Å². The Morgan fingerprint density at radius 1 is 1.33 bits per heavy atom. The van der Waals surface area contributed by atoms with Gasteiger partial charge in [-0.15, -0.1) is 11.8 Å². The van der Waals surface area contributed by atoms with Crippen molar-refractivity contribution in [2.24, 2.45) is 5.73 Å². The number of benzene rings is 1. The molecule has 0 radical (unpaired) electrons. The summed E-state index contributed by atoms with van der Waals surface area (Å²) in [4.78, 5) is 0.486. The molecular weight excluding hydrogens is 344 g/mol. The number of thioether (sulfide) groups is 1. The lowest BCUT2D eigenvalue weighted by Crippen LogP contribution is -2.31. The zero-order chi connectivity index (χ0) is 17.5. The van der Waals surface area contributed by atoms with Gasteiger partial charge in [-0.2, -0.15) is 5.10 Å². The number of nitrogens with zero attached hydrogens (tertiary/aromatic N) is 2. The molecule has 0 saturated heterocycles. The van der Waals surface area contributed by atoms with Crippen LogP contribution in [-0.2, 0) is 9.84 Å². The number of sulfone groups is 1. The van der Waals surface area contributed by atoms with Gasteiger partial charge in [0.2, 0.25) is 9.84 Å². The highest BCUT2D eigenvalue weighted by Crippen LogP contribution is 2.39. The highest BCUT2D eigenvalue weighted by atomic mass is 32.2. The Morgan fingerprint density at radius 3 is 2.58 bits per heavy atom.